The molecule has 0 radical (unpaired) electrons. The van der Waals surface area contributed by atoms with E-state index in [2.05, 4.69) is 5.32 Å². The Kier molecular flexibility index (Phi) is 5.14. The van der Waals surface area contributed by atoms with E-state index in [1.54, 1.807) is 13.0 Å². The molecule has 3 rings (SSSR count). The van der Waals surface area contributed by atoms with Crippen LogP contribution in [0.25, 0.3) is 6.08 Å². The van der Waals surface area contributed by atoms with Gasteiger partial charge in [0.05, 0.1) is 5.57 Å². The Morgan fingerprint density at radius 2 is 1.84 bits per heavy atom. The Morgan fingerprint density at radius 3 is 2.64 bits per heavy atom. The number of benzene rings is 2. The molecule has 1 unspecified atom stereocenters. The third kappa shape index (κ3) is 4.26. The van der Waals surface area contributed by atoms with Crippen LogP contribution < -0.4 is 10.1 Å². The number of hydrogen-bond acceptors (Lipinski definition) is 4. The lowest BCUT2D eigenvalue weighted by Gasteiger charge is -2.19. The van der Waals surface area contributed by atoms with Gasteiger partial charge < -0.3 is 14.8 Å². The average Bonchev–Trinajstić information content (AvgIpc) is 2.66. The van der Waals surface area contributed by atoms with Gasteiger partial charge >= 0.3 is 5.97 Å². The van der Waals surface area contributed by atoms with Crippen LogP contribution >= 0.6 is 0 Å². The van der Waals surface area contributed by atoms with Crippen molar-refractivity contribution in [2.75, 3.05) is 6.61 Å². The van der Waals surface area contributed by atoms with Crippen LogP contribution in [0.5, 0.6) is 5.75 Å². The summed E-state index contributed by atoms with van der Waals surface area (Å²) in [5.74, 6) is -0.153. The highest BCUT2D eigenvalue weighted by atomic mass is 16.6. The maximum Gasteiger partial charge on any atom is 0.338 e. The van der Waals surface area contributed by atoms with Crippen LogP contribution in [-0.4, -0.2) is 24.6 Å². The van der Waals surface area contributed by atoms with Crippen LogP contribution in [0.2, 0.25) is 0 Å². The number of para-hydroxylation sites is 1. The minimum absolute atomic E-state index is 0.133. The molecule has 1 aliphatic rings. The van der Waals surface area contributed by atoms with Gasteiger partial charge in [0, 0.05) is 12.1 Å². The van der Waals surface area contributed by atoms with E-state index >= 15 is 0 Å². The van der Waals surface area contributed by atoms with Gasteiger partial charge in [0.15, 0.2) is 6.10 Å². The van der Waals surface area contributed by atoms with Crippen molar-refractivity contribution in [2.24, 2.45) is 0 Å². The van der Waals surface area contributed by atoms with E-state index in [9.17, 15) is 9.59 Å². The summed E-state index contributed by atoms with van der Waals surface area (Å²) in [5, 5.41) is 2.76. The third-order valence-corrected chi connectivity index (χ3v) is 3.86. The summed E-state index contributed by atoms with van der Waals surface area (Å²) in [7, 11) is 0. The zero-order chi connectivity index (χ0) is 17.6. The molecule has 5 heteroatoms. The van der Waals surface area contributed by atoms with Crippen molar-refractivity contribution in [3.05, 3.63) is 71.3 Å². The number of hydrogen-bond donors (Lipinski definition) is 1. The second-order valence-corrected chi connectivity index (χ2v) is 5.75. The summed E-state index contributed by atoms with van der Waals surface area (Å²) in [6, 6.07) is 17.0. The van der Waals surface area contributed by atoms with Gasteiger partial charge in [-0.2, -0.15) is 0 Å². The Bertz CT molecular complexity index is 798. The minimum atomic E-state index is -0.880. The topological polar surface area (TPSA) is 64.6 Å². The number of carbonyl (C=O) groups excluding carboxylic acids is 2. The minimum Gasteiger partial charge on any atom is -0.488 e. The number of amides is 1. The fourth-order valence-corrected chi connectivity index (χ4v) is 2.45. The van der Waals surface area contributed by atoms with Crippen LogP contribution in [0.15, 0.2) is 60.2 Å². The molecule has 1 N–H and O–H groups in total. The van der Waals surface area contributed by atoms with E-state index in [4.69, 9.17) is 9.47 Å². The summed E-state index contributed by atoms with van der Waals surface area (Å²) in [6.07, 6.45) is 0.852. The van der Waals surface area contributed by atoms with E-state index in [-0.39, 0.29) is 12.5 Å². The number of nitrogens with one attached hydrogen (secondary N) is 1. The van der Waals surface area contributed by atoms with Crippen LogP contribution in [0.3, 0.4) is 0 Å². The SMILES string of the molecule is CC(OC(=O)C1=Cc2ccccc2OC1)C(=O)NCc1ccccc1. The zero-order valence-corrected chi connectivity index (χ0v) is 13.9. The van der Waals surface area contributed by atoms with Crippen molar-refractivity contribution in [1.29, 1.82) is 0 Å². The summed E-state index contributed by atoms with van der Waals surface area (Å²) >= 11 is 0. The van der Waals surface area contributed by atoms with Crippen LogP contribution in [0, 0.1) is 0 Å². The van der Waals surface area contributed by atoms with Crippen molar-refractivity contribution in [3.63, 3.8) is 0 Å². The maximum absolute atomic E-state index is 12.2. The van der Waals surface area contributed by atoms with Crippen LogP contribution in [0.4, 0.5) is 0 Å². The second-order valence-electron chi connectivity index (χ2n) is 5.75. The smallest absolute Gasteiger partial charge is 0.338 e. The Labute approximate surface area is 146 Å². The molecular formula is C20H19NO4. The average molecular weight is 337 g/mol. The highest BCUT2D eigenvalue weighted by molar-refractivity contribution is 5.96. The molecule has 2 aromatic rings. The van der Waals surface area contributed by atoms with Crippen molar-refractivity contribution in [2.45, 2.75) is 19.6 Å². The monoisotopic (exact) mass is 337 g/mol. The van der Waals surface area contributed by atoms with E-state index in [0.29, 0.717) is 12.1 Å². The van der Waals surface area contributed by atoms with Crippen LogP contribution in [-0.2, 0) is 20.9 Å². The standard InChI is InChI=1S/C20H19NO4/c1-14(19(22)21-12-15-7-3-2-4-8-15)25-20(23)17-11-16-9-5-6-10-18(16)24-13-17/h2-11,14H,12-13H2,1H3,(H,21,22). The number of fused-ring (bicyclic) bond motifs is 1. The molecule has 1 heterocycles. The largest absolute Gasteiger partial charge is 0.488 e. The molecule has 0 bridgehead atoms. The lowest BCUT2D eigenvalue weighted by molar-refractivity contribution is -0.151. The molecule has 0 aromatic heterocycles. The van der Waals surface area contributed by atoms with Gasteiger partial charge in [0.1, 0.15) is 12.4 Å². The Balaban J connectivity index is 1.55. The molecule has 0 saturated carbocycles. The van der Waals surface area contributed by atoms with Gasteiger partial charge in [0.25, 0.3) is 5.91 Å². The van der Waals surface area contributed by atoms with Gasteiger partial charge in [0.2, 0.25) is 0 Å². The van der Waals surface area contributed by atoms with Gasteiger partial charge in [-0.1, -0.05) is 48.5 Å². The molecule has 0 saturated heterocycles. The molecule has 0 fully saturated rings. The van der Waals surface area contributed by atoms with Gasteiger partial charge in [-0.15, -0.1) is 0 Å². The predicted molar refractivity (Wildman–Crippen MR) is 93.8 cm³/mol. The van der Waals surface area contributed by atoms with Gasteiger partial charge in [-0.25, -0.2) is 4.79 Å². The lowest BCUT2D eigenvalue weighted by atomic mass is 10.1. The fraction of sp³-hybridized carbons (Fsp3) is 0.200. The summed E-state index contributed by atoms with van der Waals surface area (Å²) < 4.78 is 10.8. The molecule has 2 aromatic carbocycles. The molecule has 1 aliphatic heterocycles. The van der Waals surface area contributed by atoms with Crippen LogP contribution in [0.1, 0.15) is 18.1 Å². The quantitative estimate of drug-likeness (QED) is 0.852. The van der Waals surface area contributed by atoms with E-state index < -0.39 is 12.1 Å². The summed E-state index contributed by atoms with van der Waals surface area (Å²) in [6.45, 7) is 2.07. The summed E-state index contributed by atoms with van der Waals surface area (Å²) in [5.41, 5.74) is 2.19. The number of esters is 1. The first-order valence-corrected chi connectivity index (χ1v) is 8.08. The zero-order valence-electron chi connectivity index (χ0n) is 13.9. The Morgan fingerprint density at radius 1 is 1.12 bits per heavy atom. The number of carbonyl (C=O) groups is 2. The number of rotatable bonds is 5. The van der Waals surface area contributed by atoms with E-state index in [1.165, 1.54) is 0 Å². The normalized spacial score (nSPS) is 13.7. The van der Waals surface area contributed by atoms with Gasteiger partial charge in [-0.05, 0) is 24.6 Å². The highest BCUT2D eigenvalue weighted by Crippen LogP contribution is 2.26. The molecular weight excluding hydrogens is 318 g/mol. The molecule has 0 spiro atoms. The molecule has 5 nitrogen and oxygen atoms in total. The molecule has 1 atom stereocenters. The predicted octanol–water partition coefficient (Wildman–Crippen LogP) is 2.71. The van der Waals surface area contributed by atoms with Gasteiger partial charge in [-0.3, -0.25) is 4.79 Å². The van der Waals surface area contributed by atoms with E-state index in [1.807, 2.05) is 54.6 Å². The fourth-order valence-electron chi connectivity index (χ4n) is 2.45. The van der Waals surface area contributed by atoms with E-state index in [0.717, 1.165) is 16.9 Å². The Hall–Kier alpha value is -3.08. The molecule has 0 aliphatic carbocycles. The third-order valence-electron chi connectivity index (χ3n) is 3.86. The first-order chi connectivity index (χ1) is 12.1. The first-order valence-electron chi connectivity index (χ1n) is 8.08. The molecule has 1 amide bonds. The van der Waals surface area contributed by atoms with Crippen molar-refractivity contribution >= 4 is 18.0 Å². The lowest BCUT2D eigenvalue weighted by Crippen LogP contribution is -2.36. The van der Waals surface area contributed by atoms with Crippen molar-refractivity contribution in [1.82, 2.24) is 5.32 Å². The summed E-state index contributed by atoms with van der Waals surface area (Å²) in [4.78, 5) is 24.3. The van der Waals surface area contributed by atoms with Crippen molar-refractivity contribution < 1.29 is 19.1 Å². The first kappa shape index (κ1) is 16.8. The highest BCUT2D eigenvalue weighted by Gasteiger charge is 2.23. The van der Waals surface area contributed by atoms with Crippen molar-refractivity contribution in [3.8, 4) is 5.75 Å². The number of ether oxygens (including phenoxy) is 2. The second kappa shape index (κ2) is 7.66. The maximum atomic E-state index is 12.2. The molecule has 25 heavy (non-hydrogen) atoms. The molecule has 128 valence electrons.